The van der Waals surface area contributed by atoms with Crippen LogP contribution in [0.3, 0.4) is 0 Å². The molecule has 0 unspecified atom stereocenters. The molecular formula is C11H13N2O3S. The summed E-state index contributed by atoms with van der Waals surface area (Å²) in [5.74, 6) is -0.122. The van der Waals surface area contributed by atoms with E-state index in [4.69, 9.17) is 0 Å². The average Bonchev–Trinajstić information content (AvgIpc) is 2.29. The molecule has 0 fully saturated rings. The zero-order valence-electron chi connectivity index (χ0n) is 9.46. The molecule has 1 radical (unpaired) electrons. The van der Waals surface area contributed by atoms with Crippen LogP contribution in [0.1, 0.15) is 12.1 Å². The molecular weight excluding hydrogens is 240 g/mol. The van der Waals surface area contributed by atoms with Gasteiger partial charge in [-0.15, -0.1) is 0 Å². The van der Waals surface area contributed by atoms with Gasteiger partial charge in [0.1, 0.15) is 0 Å². The number of hydrogen-bond donors (Lipinski definition) is 0. The maximum absolute atomic E-state index is 11.3. The van der Waals surface area contributed by atoms with Gasteiger partial charge in [-0.2, -0.15) is 4.31 Å². The van der Waals surface area contributed by atoms with E-state index in [0.717, 1.165) is 11.3 Å². The fourth-order valence-corrected chi connectivity index (χ4v) is 2.52. The molecule has 5 nitrogen and oxygen atoms in total. The van der Waals surface area contributed by atoms with E-state index in [1.807, 2.05) is 6.08 Å². The van der Waals surface area contributed by atoms with Crippen molar-refractivity contribution in [3.8, 4) is 5.75 Å². The largest absolute Gasteiger partial charge is 0.288 e. The molecule has 91 valence electrons. The van der Waals surface area contributed by atoms with E-state index in [2.05, 4.69) is 4.98 Å². The van der Waals surface area contributed by atoms with Crippen LogP contribution in [-0.2, 0) is 15.1 Å². The molecule has 0 spiro atoms. The Morgan fingerprint density at radius 2 is 2.12 bits per heavy atom. The molecule has 0 atom stereocenters. The first-order valence-corrected chi connectivity index (χ1v) is 7.09. The molecule has 1 aliphatic rings. The normalized spacial score (nSPS) is 17.8. The molecule has 0 bridgehead atoms. The number of rotatable bonds is 2. The van der Waals surface area contributed by atoms with Crippen LogP contribution in [0.5, 0.6) is 5.75 Å². The van der Waals surface area contributed by atoms with E-state index in [1.54, 1.807) is 6.07 Å². The first-order valence-electron chi connectivity index (χ1n) is 5.24. The quantitative estimate of drug-likeness (QED) is 0.797. The topological polar surface area (TPSA) is 70.2 Å². The Morgan fingerprint density at radius 3 is 2.59 bits per heavy atom. The Balaban J connectivity index is 2.16. The van der Waals surface area contributed by atoms with Crippen LogP contribution in [0.2, 0.25) is 0 Å². The second-order valence-electron chi connectivity index (χ2n) is 3.98. The molecule has 0 amide bonds. The number of aromatic nitrogens is 1. The summed E-state index contributed by atoms with van der Waals surface area (Å²) in [4.78, 5) is 4.04. The predicted molar refractivity (Wildman–Crippen MR) is 63.4 cm³/mol. The lowest BCUT2D eigenvalue weighted by Gasteiger charge is -2.23. The SMILES string of the molecule is CS(=O)(=O)N1CC=C(c2ccc([O])cn2)CC1. The third kappa shape index (κ3) is 2.83. The minimum Gasteiger partial charge on any atom is -0.288 e. The molecule has 0 N–H and O–H groups in total. The molecule has 0 aromatic carbocycles. The number of sulfonamides is 1. The van der Waals surface area contributed by atoms with Gasteiger partial charge in [0.15, 0.2) is 5.75 Å². The van der Waals surface area contributed by atoms with Crippen molar-refractivity contribution < 1.29 is 13.5 Å². The zero-order valence-corrected chi connectivity index (χ0v) is 10.3. The Kier molecular flexibility index (Phi) is 3.17. The van der Waals surface area contributed by atoms with Crippen molar-refractivity contribution in [2.24, 2.45) is 0 Å². The van der Waals surface area contributed by atoms with Crippen molar-refractivity contribution in [1.29, 1.82) is 0 Å². The lowest BCUT2D eigenvalue weighted by Crippen LogP contribution is -2.33. The number of pyridine rings is 1. The van der Waals surface area contributed by atoms with Crippen molar-refractivity contribution in [2.45, 2.75) is 6.42 Å². The Hall–Kier alpha value is -1.40. The molecule has 1 aromatic rings. The smallest absolute Gasteiger partial charge is 0.211 e. The average molecular weight is 253 g/mol. The van der Waals surface area contributed by atoms with Gasteiger partial charge in [-0.05, 0) is 24.1 Å². The minimum atomic E-state index is -3.12. The lowest BCUT2D eigenvalue weighted by molar-refractivity contribution is 0.353. The molecule has 6 heteroatoms. The van der Waals surface area contributed by atoms with Crippen molar-refractivity contribution >= 4 is 15.6 Å². The molecule has 17 heavy (non-hydrogen) atoms. The van der Waals surface area contributed by atoms with Crippen LogP contribution in [0, 0.1) is 0 Å². The summed E-state index contributed by atoms with van der Waals surface area (Å²) >= 11 is 0. The van der Waals surface area contributed by atoms with Crippen LogP contribution in [0.15, 0.2) is 24.4 Å². The maximum atomic E-state index is 11.3. The fraction of sp³-hybridized carbons (Fsp3) is 0.364. The maximum Gasteiger partial charge on any atom is 0.211 e. The van der Waals surface area contributed by atoms with Crippen molar-refractivity contribution in [2.75, 3.05) is 19.3 Å². The summed E-state index contributed by atoms with van der Waals surface area (Å²) in [6, 6.07) is 3.14. The summed E-state index contributed by atoms with van der Waals surface area (Å²) in [7, 11) is -3.12. The fourth-order valence-electron chi connectivity index (χ4n) is 1.75. The van der Waals surface area contributed by atoms with Crippen molar-refractivity contribution in [1.82, 2.24) is 9.29 Å². The first kappa shape index (κ1) is 12.1. The molecule has 0 saturated heterocycles. The Morgan fingerprint density at radius 1 is 1.35 bits per heavy atom. The van der Waals surface area contributed by atoms with E-state index in [0.29, 0.717) is 19.5 Å². The summed E-state index contributed by atoms with van der Waals surface area (Å²) in [5, 5.41) is 10.9. The number of nitrogens with zero attached hydrogens (tertiary/aromatic N) is 2. The molecule has 0 aliphatic carbocycles. The van der Waals surface area contributed by atoms with Crippen molar-refractivity contribution in [3.05, 3.63) is 30.1 Å². The second-order valence-corrected chi connectivity index (χ2v) is 5.96. The third-order valence-corrected chi connectivity index (χ3v) is 3.98. The van der Waals surface area contributed by atoms with Crippen LogP contribution < -0.4 is 0 Å². The third-order valence-electron chi connectivity index (χ3n) is 2.71. The van der Waals surface area contributed by atoms with Gasteiger partial charge in [0.2, 0.25) is 10.0 Å². The molecule has 1 aromatic heterocycles. The van der Waals surface area contributed by atoms with Crippen LogP contribution in [0.25, 0.3) is 5.57 Å². The van der Waals surface area contributed by atoms with Gasteiger partial charge in [-0.3, -0.25) is 10.1 Å². The van der Waals surface area contributed by atoms with E-state index >= 15 is 0 Å². The summed E-state index contributed by atoms with van der Waals surface area (Å²) in [6.07, 6.45) is 4.95. The van der Waals surface area contributed by atoms with Gasteiger partial charge < -0.3 is 0 Å². The Labute approximate surface area is 100 Å². The van der Waals surface area contributed by atoms with Crippen LogP contribution >= 0.6 is 0 Å². The Bertz CT molecular complexity index is 534. The van der Waals surface area contributed by atoms with E-state index < -0.39 is 10.0 Å². The zero-order chi connectivity index (χ0) is 12.5. The highest BCUT2D eigenvalue weighted by molar-refractivity contribution is 7.88. The van der Waals surface area contributed by atoms with Gasteiger partial charge in [-0.25, -0.2) is 8.42 Å². The van der Waals surface area contributed by atoms with Gasteiger partial charge in [0, 0.05) is 13.1 Å². The highest BCUT2D eigenvalue weighted by atomic mass is 32.2. The lowest BCUT2D eigenvalue weighted by atomic mass is 10.1. The molecule has 1 aliphatic heterocycles. The van der Waals surface area contributed by atoms with Gasteiger partial charge in [-0.1, -0.05) is 6.08 Å². The van der Waals surface area contributed by atoms with Crippen LogP contribution in [-0.4, -0.2) is 37.1 Å². The van der Waals surface area contributed by atoms with Gasteiger partial charge >= 0.3 is 0 Å². The molecule has 2 rings (SSSR count). The minimum absolute atomic E-state index is 0.122. The van der Waals surface area contributed by atoms with Crippen molar-refractivity contribution in [3.63, 3.8) is 0 Å². The summed E-state index contributed by atoms with van der Waals surface area (Å²) < 4.78 is 24.0. The highest BCUT2D eigenvalue weighted by Gasteiger charge is 2.20. The predicted octanol–water partition coefficient (Wildman–Crippen LogP) is 1.27. The highest BCUT2D eigenvalue weighted by Crippen LogP contribution is 2.22. The monoisotopic (exact) mass is 253 g/mol. The van der Waals surface area contributed by atoms with E-state index in [-0.39, 0.29) is 5.75 Å². The molecule has 2 heterocycles. The van der Waals surface area contributed by atoms with E-state index in [1.165, 1.54) is 22.8 Å². The standard InChI is InChI=1S/C11H13N2O3S/c1-17(15,16)13-6-4-9(5-7-13)11-3-2-10(14)8-12-11/h2-4,8H,5-7H2,1H3. The number of hydrogen-bond acceptors (Lipinski definition) is 3. The second kappa shape index (κ2) is 4.46. The summed E-state index contributed by atoms with van der Waals surface area (Å²) in [6.45, 7) is 0.834. The van der Waals surface area contributed by atoms with Gasteiger partial charge in [0.05, 0.1) is 18.1 Å². The molecule has 0 saturated carbocycles. The first-order chi connectivity index (χ1) is 7.97. The van der Waals surface area contributed by atoms with Crippen LogP contribution in [0.4, 0.5) is 0 Å². The van der Waals surface area contributed by atoms with E-state index in [9.17, 15) is 13.5 Å². The van der Waals surface area contributed by atoms with Gasteiger partial charge in [0.25, 0.3) is 0 Å². The summed E-state index contributed by atoms with van der Waals surface area (Å²) in [5.41, 5.74) is 1.74.